The van der Waals surface area contributed by atoms with Crippen molar-refractivity contribution < 1.29 is 19.1 Å². The summed E-state index contributed by atoms with van der Waals surface area (Å²) in [7, 11) is 1.65. The van der Waals surface area contributed by atoms with Crippen LogP contribution in [0, 0.1) is 0 Å². The van der Waals surface area contributed by atoms with Crippen molar-refractivity contribution in [1.82, 2.24) is 19.7 Å². The first-order chi connectivity index (χ1) is 14.5. The Morgan fingerprint density at radius 3 is 2.77 bits per heavy atom. The van der Waals surface area contributed by atoms with E-state index in [9.17, 15) is 9.59 Å². The topological polar surface area (TPSA) is 78.1 Å². The van der Waals surface area contributed by atoms with Crippen molar-refractivity contribution in [2.45, 2.75) is 31.8 Å². The lowest BCUT2D eigenvalue weighted by atomic mass is 9.86. The molecule has 1 N–H and O–H groups in total. The molecule has 2 fully saturated rings. The molecule has 0 aliphatic carbocycles. The Kier molecular flexibility index (Phi) is 4.71. The van der Waals surface area contributed by atoms with Crippen molar-refractivity contribution in [3.05, 3.63) is 29.5 Å². The van der Waals surface area contributed by atoms with E-state index in [1.54, 1.807) is 12.0 Å². The predicted molar refractivity (Wildman–Crippen MR) is 111 cm³/mol. The molecular weight excluding hydrogens is 384 g/mol. The third-order valence-corrected chi connectivity index (χ3v) is 6.76. The van der Waals surface area contributed by atoms with E-state index < -0.39 is 5.54 Å². The van der Waals surface area contributed by atoms with Crippen LogP contribution >= 0.6 is 0 Å². The number of fused-ring (bicyclic) bond motifs is 4. The van der Waals surface area contributed by atoms with E-state index in [0.717, 1.165) is 67.2 Å². The summed E-state index contributed by atoms with van der Waals surface area (Å²) in [6, 6.07) is 5.73. The fraction of sp³-hybridized carbons (Fsp3) is 0.545. The van der Waals surface area contributed by atoms with Crippen molar-refractivity contribution in [3.8, 4) is 5.75 Å². The minimum atomic E-state index is -0.832. The highest BCUT2D eigenvalue weighted by Gasteiger charge is 2.56. The molecule has 5 rings (SSSR count). The number of aromatic amines is 1. The van der Waals surface area contributed by atoms with Crippen molar-refractivity contribution in [1.29, 1.82) is 0 Å². The predicted octanol–water partition coefficient (Wildman–Crippen LogP) is 1.98. The molecular formula is C22H28N4O4. The summed E-state index contributed by atoms with van der Waals surface area (Å²) in [5, 5.41) is 1.07. The maximum absolute atomic E-state index is 13.3. The molecule has 4 heterocycles. The van der Waals surface area contributed by atoms with Gasteiger partial charge in [0.25, 0.3) is 5.91 Å². The molecule has 160 valence electrons. The number of carbonyl (C=O) groups excluding carboxylic acids is 2. The van der Waals surface area contributed by atoms with Crippen molar-refractivity contribution in [3.63, 3.8) is 0 Å². The number of urea groups is 1. The van der Waals surface area contributed by atoms with Gasteiger partial charge in [-0.05, 0) is 37.1 Å². The Morgan fingerprint density at radius 2 is 2.00 bits per heavy atom. The summed E-state index contributed by atoms with van der Waals surface area (Å²) in [5.41, 5.74) is 2.29. The summed E-state index contributed by atoms with van der Waals surface area (Å²) >= 11 is 0. The van der Waals surface area contributed by atoms with Crippen molar-refractivity contribution in [2.75, 3.05) is 46.5 Å². The van der Waals surface area contributed by atoms with Crippen molar-refractivity contribution >= 4 is 22.8 Å². The Hall–Kier alpha value is -2.58. The summed E-state index contributed by atoms with van der Waals surface area (Å²) < 4.78 is 10.8. The van der Waals surface area contributed by atoms with Gasteiger partial charge in [-0.3, -0.25) is 14.6 Å². The molecule has 2 saturated heterocycles. The number of hydrogen-bond acceptors (Lipinski definition) is 5. The van der Waals surface area contributed by atoms with Gasteiger partial charge < -0.3 is 19.4 Å². The molecule has 1 atom stereocenters. The van der Waals surface area contributed by atoms with Gasteiger partial charge in [-0.25, -0.2) is 4.79 Å². The molecule has 1 aromatic heterocycles. The largest absolute Gasteiger partial charge is 0.497 e. The van der Waals surface area contributed by atoms with E-state index in [-0.39, 0.29) is 11.9 Å². The average molecular weight is 412 g/mol. The quantitative estimate of drug-likeness (QED) is 0.760. The minimum absolute atomic E-state index is 0.0858. The molecule has 0 saturated carbocycles. The first-order valence-electron chi connectivity index (χ1n) is 10.6. The maximum atomic E-state index is 13.3. The van der Waals surface area contributed by atoms with Crippen LogP contribution in [0.3, 0.4) is 0 Å². The first-order valence-corrected chi connectivity index (χ1v) is 10.6. The number of benzene rings is 1. The number of nitrogens with zero attached hydrogens (tertiary/aromatic N) is 3. The second kappa shape index (κ2) is 7.28. The molecule has 3 aliphatic heterocycles. The van der Waals surface area contributed by atoms with Crippen molar-refractivity contribution in [2.24, 2.45) is 0 Å². The molecule has 3 aliphatic rings. The number of hydrogen-bond donors (Lipinski definition) is 1. The van der Waals surface area contributed by atoms with E-state index in [2.05, 4.69) is 9.88 Å². The summed E-state index contributed by atoms with van der Waals surface area (Å²) in [6.07, 6.45) is 1.30. The average Bonchev–Trinajstić information content (AvgIpc) is 3.20. The zero-order chi connectivity index (χ0) is 20.9. The Labute approximate surface area is 175 Å². The van der Waals surface area contributed by atoms with Gasteiger partial charge in [0.15, 0.2) is 0 Å². The van der Waals surface area contributed by atoms with Gasteiger partial charge in [0.05, 0.1) is 26.9 Å². The fourth-order valence-corrected chi connectivity index (χ4v) is 4.99. The van der Waals surface area contributed by atoms with Gasteiger partial charge in [-0.2, -0.15) is 0 Å². The van der Waals surface area contributed by atoms with Crippen LogP contribution in [0.2, 0.25) is 0 Å². The summed E-state index contributed by atoms with van der Waals surface area (Å²) in [4.78, 5) is 35.4. The van der Waals surface area contributed by atoms with Crippen LogP contribution in [0.4, 0.5) is 4.79 Å². The van der Waals surface area contributed by atoms with Crippen LogP contribution in [-0.4, -0.2) is 83.7 Å². The van der Waals surface area contributed by atoms with E-state index in [1.807, 2.05) is 25.1 Å². The number of amides is 3. The molecule has 2 aromatic rings. The molecule has 0 spiro atoms. The first kappa shape index (κ1) is 19.4. The molecule has 0 unspecified atom stereocenters. The Morgan fingerprint density at radius 1 is 1.20 bits per heavy atom. The second-order valence-electron chi connectivity index (χ2n) is 8.58. The standard InChI is InChI=1S/C22H28N4O4/c1-22-13-17-16-12-15(29-2)4-5-18(16)23-19(17)14-26(22)21(28)25(20(22)27)7-3-6-24-8-10-30-11-9-24/h4-5,12,23H,3,6-11,13-14H2,1-2H3/t22-/m0/s1. The van der Waals surface area contributed by atoms with E-state index in [1.165, 1.54) is 4.90 Å². The number of methoxy groups -OCH3 is 1. The molecule has 8 nitrogen and oxygen atoms in total. The number of rotatable bonds is 5. The number of carbonyl (C=O) groups is 2. The van der Waals surface area contributed by atoms with Gasteiger partial charge in [-0.1, -0.05) is 0 Å². The van der Waals surface area contributed by atoms with Crippen LogP contribution in [0.5, 0.6) is 5.75 Å². The smallest absolute Gasteiger partial charge is 0.328 e. The fourth-order valence-electron chi connectivity index (χ4n) is 4.99. The van der Waals surface area contributed by atoms with Gasteiger partial charge in [0.2, 0.25) is 0 Å². The van der Waals surface area contributed by atoms with Gasteiger partial charge in [0, 0.05) is 49.2 Å². The molecule has 1 aromatic carbocycles. The Balaban J connectivity index is 1.35. The van der Waals surface area contributed by atoms with Crippen LogP contribution in [0.25, 0.3) is 10.9 Å². The zero-order valence-corrected chi connectivity index (χ0v) is 17.6. The normalized spacial score (nSPS) is 24.5. The highest BCUT2D eigenvalue weighted by molar-refractivity contribution is 6.07. The van der Waals surface area contributed by atoms with E-state index >= 15 is 0 Å². The lowest BCUT2D eigenvalue weighted by molar-refractivity contribution is -0.133. The highest BCUT2D eigenvalue weighted by Crippen LogP contribution is 2.41. The monoisotopic (exact) mass is 412 g/mol. The molecule has 30 heavy (non-hydrogen) atoms. The van der Waals surface area contributed by atoms with Gasteiger partial charge >= 0.3 is 6.03 Å². The molecule has 0 bridgehead atoms. The van der Waals surface area contributed by atoms with Gasteiger partial charge in [0.1, 0.15) is 11.3 Å². The number of H-pyrrole nitrogens is 1. The van der Waals surface area contributed by atoms with Gasteiger partial charge in [-0.15, -0.1) is 0 Å². The van der Waals surface area contributed by atoms with E-state index in [0.29, 0.717) is 19.5 Å². The number of morpholine rings is 1. The maximum Gasteiger partial charge on any atom is 0.328 e. The number of nitrogens with one attached hydrogen (secondary N) is 1. The third kappa shape index (κ3) is 2.97. The second-order valence-corrected chi connectivity index (χ2v) is 8.58. The van der Waals surface area contributed by atoms with Crippen LogP contribution < -0.4 is 4.74 Å². The summed E-state index contributed by atoms with van der Waals surface area (Å²) in [6.45, 7) is 7.00. The lowest BCUT2D eigenvalue weighted by Crippen LogP contribution is -2.51. The third-order valence-electron chi connectivity index (χ3n) is 6.76. The number of ether oxygens (including phenoxy) is 2. The SMILES string of the molecule is COc1ccc2[nH]c3c(c2c1)C[C@@]1(C)C(=O)N(CCCN2CCOCC2)C(=O)N1C3. The minimum Gasteiger partial charge on any atom is -0.497 e. The highest BCUT2D eigenvalue weighted by atomic mass is 16.5. The molecule has 8 heteroatoms. The Bertz CT molecular complexity index is 996. The van der Waals surface area contributed by atoms with Crippen LogP contribution in [0.1, 0.15) is 24.6 Å². The van der Waals surface area contributed by atoms with Crippen LogP contribution in [-0.2, 0) is 22.5 Å². The zero-order valence-electron chi connectivity index (χ0n) is 17.6. The molecule has 0 radical (unpaired) electrons. The van der Waals surface area contributed by atoms with E-state index in [4.69, 9.17) is 9.47 Å². The number of aromatic nitrogens is 1. The lowest BCUT2D eigenvalue weighted by Gasteiger charge is -2.35. The molecule has 3 amide bonds. The number of imide groups is 1. The van der Waals surface area contributed by atoms with Crippen LogP contribution in [0.15, 0.2) is 18.2 Å². The summed E-state index contributed by atoms with van der Waals surface area (Å²) in [5.74, 6) is 0.702.